The average molecular weight is 283 g/mol. The van der Waals surface area contributed by atoms with Gasteiger partial charge in [-0.2, -0.15) is 0 Å². The molecule has 0 saturated carbocycles. The normalized spacial score (nSPS) is 11.9. The molecule has 0 fully saturated rings. The standard InChI is InChI=1S/C17H27F2N/c1-5-9-20-10-8-17(3,4)7-6-14-12-15(18)13(2)11-16(14)19/h11-12,20H,5-10H2,1-4H3. The van der Waals surface area contributed by atoms with Gasteiger partial charge in [0.05, 0.1) is 0 Å². The zero-order valence-corrected chi connectivity index (χ0v) is 13.2. The largest absolute Gasteiger partial charge is 0.317 e. The first-order chi connectivity index (χ1) is 9.35. The zero-order valence-electron chi connectivity index (χ0n) is 13.2. The molecule has 1 aromatic rings. The highest BCUT2D eigenvalue weighted by atomic mass is 19.1. The van der Waals surface area contributed by atoms with E-state index in [9.17, 15) is 8.78 Å². The molecule has 20 heavy (non-hydrogen) atoms. The Bertz CT molecular complexity index is 427. The van der Waals surface area contributed by atoms with Crippen molar-refractivity contribution in [1.82, 2.24) is 5.32 Å². The number of benzene rings is 1. The molecular formula is C17H27F2N. The smallest absolute Gasteiger partial charge is 0.126 e. The number of hydrogen-bond acceptors (Lipinski definition) is 1. The quantitative estimate of drug-likeness (QED) is 0.686. The van der Waals surface area contributed by atoms with E-state index in [0.29, 0.717) is 17.5 Å². The molecule has 0 radical (unpaired) electrons. The Morgan fingerprint density at radius 3 is 2.40 bits per heavy atom. The minimum Gasteiger partial charge on any atom is -0.317 e. The summed E-state index contributed by atoms with van der Waals surface area (Å²) in [4.78, 5) is 0. The van der Waals surface area contributed by atoms with E-state index in [4.69, 9.17) is 0 Å². The van der Waals surface area contributed by atoms with Crippen molar-refractivity contribution < 1.29 is 8.78 Å². The Kier molecular flexibility index (Phi) is 6.60. The van der Waals surface area contributed by atoms with E-state index in [2.05, 4.69) is 26.1 Å². The number of aryl methyl sites for hydroxylation is 2. The van der Waals surface area contributed by atoms with Gasteiger partial charge in [0, 0.05) is 0 Å². The van der Waals surface area contributed by atoms with Crippen molar-refractivity contribution in [2.24, 2.45) is 5.41 Å². The van der Waals surface area contributed by atoms with Crippen molar-refractivity contribution >= 4 is 0 Å². The second-order valence-electron chi connectivity index (χ2n) is 6.36. The molecule has 0 aromatic heterocycles. The van der Waals surface area contributed by atoms with Crippen LogP contribution in [0, 0.1) is 24.0 Å². The van der Waals surface area contributed by atoms with Gasteiger partial charge in [-0.3, -0.25) is 0 Å². The minimum atomic E-state index is -0.316. The molecule has 1 aromatic carbocycles. The maximum atomic E-state index is 13.8. The molecule has 0 saturated heterocycles. The molecule has 0 bridgehead atoms. The van der Waals surface area contributed by atoms with E-state index in [1.165, 1.54) is 12.1 Å². The van der Waals surface area contributed by atoms with Crippen LogP contribution in [-0.2, 0) is 6.42 Å². The molecule has 0 heterocycles. The fraction of sp³-hybridized carbons (Fsp3) is 0.647. The van der Waals surface area contributed by atoms with Gasteiger partial charge in [0.15, 0.2) is 0 Å². The third-order valence-corrected chi connectivity index (χ3v) is 3.80. The summed E-state index contributed by atoms with van der Waals surface area (Å²) in [5.74, 6) is -0.604. The Labute approximate surface area is 121 Å². The molecule has 0 amide bonds. The summed E-state index contributed by atoms with van der Waals surface area (Å²) in [6.07, 6.45) is 3.63. The van der Waals surface area contributed by atoms with Crippen LogP contribution in [0.5, 0.6) is 0 Å². The first-order valence-corrected chi connectivity index (χ1v) is 7.51. The first kappa shape index (κ1) is 17.1. The van der Waals surface area contributed by atoms with E-state index in [1.54, 1.807) is 6.92 Å². The maximum Gasteiger partial charge on any atom is 0.126 e. The molecule has 0 aliphatic carbocycles. The third kappa shape index (κ3) is 5.58. The van der Waals surface area contributed by atoms with Gasteiger partial charge in [-0.05, 0) is 74.4 Å². The summed E-state index contributed by atoms with van der Waals surface area (Å²) in [6, 6.07) is 2.64. The van der Waals surface area contributed by atoms with E-state index in [1.807, 2.05) is 0 Å². The van der Waals surface area contributed by atoms with Crippen molar-refractivity contribution in [2.45, 2.75) is 53.4 Å². The molecule has 1 nitrogen and oxygen atoms in total. The highest BCUT2D eigenvalue weighted by Gasteiger charge is 2.18. The van der Waals surface area contributed by atoms with Gasteiger partial charge in [-0.15, -0.1) is 0 Å². The van der Waals surface area contributed by atoms with Crippen LogP contribution in [0.25, 0.3) is 0 Å². The van der Waals surface area contributed by atoms with Crippen LogP contribution in [0.1, 0.15) is 51.2 Å². The number of rotatable bonds is 8. The van der Waals surface area contributed by atoms with E-state index >= 15 is 0 Å². The Balaban J connectivity index is 2.51. The number of hydrogen-bond donors (Lipinski definition) is 1. The molecular weight excluding hydrogens is 256 g/mol. The van der Waals surface area contributed by atoms with Crippen LogP contribution in [0.3, 0.4) is 0 Å². The van der Waals surface area contributed by atoms with Gasteiger partial charge in [0.1, 0.15) is 11.6 Å². The van der Waals surface area contributed by atoms with Gasteiger partial charge in [-0.25, -0.2) is 8.78 Å². The second-order valence-corrected chi connectivity index (χ2v) is 6.36. The van der Waals surface area contributed by atoms with Crippen LogP contribution in [0.2, 0.25) is 0 Å². The van der Waals surface area contributed by atoms with Crippen molar-refractivity contribution in [3.8, 4) is 0 Å². The topological polar surface area (TPSA) is 12.0 Å². The second kappa shape index (κ2) is 7.72. The zero-order chi connectivity index (χ0) is 15.2. The number of halogens is 2. The summed E-state index contributed by atoms with van der Waals surface area (Å²) in [6.45, 7) is 10.1. The van der Waals surface area contributed by atoms with Gasteiger partial charge < -0.3 is 5.32 Å². The lowest BCUT2D eigenvalue weighted by Gasteiger charge is -2.25. The fourth-order valence-electron chi connectivity index (χ4n) is 2.21. The molecule has 0 atom stereocenters. The van der Waals surface area contributed by atoms with Crippen molar-refractivity contribution in [3.05, 3.63) is 34.9 Å². The van der Waals surface area contributed by atoms with Crippen molar-refractivity contribution in [2.75, 3.05) is 13.1 Å². The Hall–Kier alpha value is -0.960. The fourth-order valence-corrected chi connectivity index (χ4v) is 2.21. The number of nitrogens with one attached hydrogen (secondary N) is 1. The Morgan fingerprint density at radius 1 is 1.05 bits per heavy atom. The summed E-state index contributed by atoms with van der Waals surface area (Å²) in [5.41, 5.74) is 0.992. The van der Waals surface area contributed by atoms with Gasteiger partial charge in [0.2, 0.25) is 0 Å². The molecule has 3 heteroatoms. The predicted octanol–water partition coefficient (Wildman–Crippen LogP) is 4.62. The van der Waals surface area contributed by atoms with Gasteiger partial charge in [-0.1, -0.05) is 20.8 Å². The molecule has 1 rings (SSSR count). The maximum absolute atomic E-state index is 13.8. The Morgan fingerprint density at radius 2 is 1.75 bits per heavy atom. The van der Waals surface area contributed by atoms with Crippen LogP contribution >= 0.6 is 0 Å². The summed E-state index contributed by atoms with van der Waals surface area (Å²) in [7, 11) is 0. The van der Waals surface area contributed by atoms with E-state index in [0.717, 1.165) is 32.4 Å². The predicted molar refractivity (Wildman–Crippen MR) is 81.0 cm³/mol. The third-order valence-electron chi connectivity index (χ3n) is 3.80. The lowest BCUT2D eigenvalue weighted by atomic mass is 9.83. The van der Waals surface area contributed by atoms with Crippen LogP contribution in [0.4, 0.5) is 8.78 Å². The highest BCUT2D eigenvalue weighted by molar-refractivity contribution is 5.25. The SMILES string of the molecule is CCCNCCC(C)(C)CCc1cc(F)c(C)cc1F. The molecule has 0 aliphatic heterocycles. The molecule has 0 aliphatic rings. The molecule has 114 valence electrons. The van der Waals surface area contributed by atoms with Crippen LogP contribution < -0.4 is 5.32 Å². The van der Waals surface area contributed by atoms with Crippen LogP contribution in [-0.4, -0.2) is 13.1 Å². The van der Waals surface area contributed by atoms with Crippen molar-refractivity contribution in [3.63, 3.8) is 0 Å². The first-order valence-electron chi connectivity index (χ1n) is 7.51. The summed E-state index contributed by atoms with van der Waals surface area (Å²) >= 11 is 0. The van der Waals surface area contributed by atoms with Crippen LogP contribution in [0.15, 0.2) is 12.1 Å². The summed E-state index contributed by atoms with van der Waals surface area (Å²) in [5, 5.41) is 3.38. The lowest BCUT2D eigenvalue weighted by Crippen LogP contribution is -2.23. The highest BCUT2D eigenvalue weighted by Crippen LogP contribution is 2.27. The molecule has 0 spiro atoms. The van der Waals surface area contributed by atoms with E-state index < -0.39 is 0 Å². The van der Waals surface area contributed by atoms with E-state index in [-0.39, 0.29) is 17.0 Å². The van der Waals surface area contributed by atoms with Crippen molar-refractivity contribution in [1.29, 1.82) is 0 Å². The molecule has 1 N–H and O–H groups in total. The molecule has 0 unspecified atom stereocenters. The van der Waals surface area contributed by atoms with Gasteiger partial charge in [0.25, 0.3) is 0 Å². The lowest BCUT2D eigenvalue weighted by molar-refractivity contribution is 0.301. The minimum absolute atomic E-state index is 0.133. The average Bonchev–Trinajstić information content (AvgIpc) is 2.37. The van der Waals surface area contributed by atoms with Gasteiger partial charge >= 0.3 is 0 Å². The summed E-state index contributed by atoms with van der Waals surface area (Å²) < 4.78 is 27.3. The monoisotopic (exact) mass is 283 g/mol.